The molecule has 5 rings (SSSR count). The molecule has 6 nitrogen and oxygen atoms in total. The van der Waals surface area contributed by atoms with E-state index in [4.69, 9.17) is 21.1 Å². The van der Waals surface area contributed by atoms with E-state index in [1.54, 1.807) is 27.0 Å². The maximum atomic E-state index is 14.0. The highest BCUT2D eigenvalue weighted by molar-refractivity contribution is 6.30. The molecule has 0 aromatic carbocycles. The Labute approximate surface area is 346 Å². The van der Waals surface area contributed by atoms with Crippen LogP contribution in [0.1, 0.15) is 154 Å². The third-order valence-electron chi connectivity index (χ3n) is 16.0. The topological polar surface area (TPSA) is 81.7 Å². The summed E-state index contributed by atoms with van der Waals surface area (Å²) in [6, 6.07) is 0. The van der Waals surface area contributed by atoms with Gasteiger partial charge in [0.1, 0.15) is 12.4 Å². The second-order valence-electron chi connectivity index (χ2n) is 21.8. The molecule has 7 unspecified atom stereocenters. The molecule has 4 fully saturated rings. The molecule has 0 saturated heterocycles. The molecule has 0 amide bonds. The van der Waals surface area contributed by atoms with Crippen molar-refractivity contribution >= 4 is 29.6 Å². The van der Waals surface area contributed by atoms with Gasteiger partial charge in [-0.1, -0.05) is 98.7 Å². The molecule has 0 aromatic rings. The Morgan fingerprint density at radius 1 is 0.929 bits per heavy atom. The molecule has 5 aliphatic carbocycles. The zero-order valence-corrected chi connectivity index (χ0v) is 38.4. The summed E-state index contributed by atoms with van der Waals surface area (Å²) in [6.07, 6.45) is 15.0. The number of methoxy groups -OCH3 is 1. The van der Waals surface area contributed by atoms with Gasteiger partial charge >= 0.3 is 5.97 Å². The second-order valence-corrected chi connectivity index (χ2v) is 22.3. The molecule has 0 bridgehead atoms. The number of esters is 1. The van der Waals surface area contributed by atoms with Crippen LogP contribution in [0.2, 0.25) is 0 Å². The van der Waals surface area contributed by atoms with E-state index >= 15 is 0 Å². The van der Waals surface area contributed by atoms with Crippen LogP contribution in [0, 0.1) is 56.2 Å². The first kappa shape index (κ1) is 46.7. The molecule has 1 N–H and O–H groups in total. The van der Waals surface area contributed by atoms with E-state index in [1.807, 2.05) is 26.8 Å². The van der Waals surface area contributed by atoms with E-state index in [9.17, 15) is 14.4 Å². The quantitative estimate of drug-likeness (QED) is 0.0917. The van der Waals surface area contributed by atoms with Gasteiger partial charge in [0.05, 0.1) is 12.0 Å². The Balaban J connectivity index is 0.00000107. The lowest BCUT2D eigenvalue weighted by atomic mass is 9.33. The molecule has 56 heavy (non-hydrogen) atoms. The van der Waals surface area contributed by atoms with Gasteiger partial charge in [-0.05, 0) is 142 Å². The van der Waals surface area contributed by atoms with Gasteiger partial charge in [-0.3, -0.25) is 9.59 Å². The summed E-state index contributed by atoms with van der Waals surface area (Å²) < 4.78 is 11.2. The number of hydrogen-bond acceptors (Lipinski definition) is 6. The van der Waals surface area contributed by atoms with E-state index in [-0.39, 0.29) is 57.1 Å². The molecule has 0 aromatic heterocycles. The SMILES string of the molecule is C=C(Cl)/C=C\C(=C)CNCCC12CC[C@]3(C)C(CCC4C5(C)CCC(OC(=O)CC(C)(C)C=O)C(C)(C)C5CCC43C)C1=C(C(C)C)C(=O)C2.COC(C)(C)C. The van der Waals surface area contributed by atoms with Crippen molar-refractivity contribution in [3.8, 4) is 0 Å². The third-order valence-corrected chi connectivity index (χ3v) is 16.1. The molecular weight excluding hydrogens is 718 g/mol. The molecule has 8 atom stereocenters. The van der Waals surface area contributed by atoms with Crippen molar-refractivity contribution in [3.63, 3.8) is 0 Å². The molecule has 0 heterocycles. The van der Waals surface area contributed by atoms with Gasteiger partial charge in [-0.15, -0.1) is 0 Å². The van der Waals surface area contributed by atoms with Crippen molar-refractivity contribution in [3.05, 3.63) is 47.1 Å². The fourth-order valence-electron chi connectivity index (χ4n) is 12.7. The number of carbonyl (C=O) groups is 3. The number of hydrogen-bond donors (Lipinski definition) is 1. The van der Waals surface area contributed by atoms with Gasteiger partial charge in [0.15, 0.2) is 5.78 Å². The molecule has 316 valence electrons. The van der Waals surface area contributed by atoms with Crippen LogP contribution in [0.25, 0.3) is 0 Å². The van der Waals surface area contributed by atoms with Crippen LogP contribution in [0.15, 0.2) is 47.1 Å². The van der Waals surface area contributed by atoms with Gasteiger partial charge in [0.25, 0.3) is 0 Å². The van der Waals surface area contributed by atoms with Gasteiger partial charge < -0.3 is 19.6 Å². The van der Waals surface area contributed by atoms with Crippen LogP contribution in [0.4, 0.5) is 0 Å². The Morgan fingerprint density at radius 2 is 1.57 bits per heavy atom. The van der Waals surface area contributed by atoms with Gasteiger partial charge in [-0.25, -0.2) is 0 Å². The Hall–Kier alpha value is -2.02. The monoisotopic (exact) mass is 796 g/mol. The molecular formula is C49H78ClNO5. The van der Waals surface area contributed by atoms with E-state index < -0.39 is 5.41 Å². The molecule has 0 spiro atoms. The lowest BCUT2D eigenvalue weighted by Crippen LogP contribution is -2.65. The number of halogens is 1. The summed E-state index contributed by atoms with van der Waals surface area (Å²) in [5.74, 6) is 1.84. The largest absolute Gasteiger partial charge is 0.462 e. The van der Waals surface area contributed by atoms with Gasteiger partial charge in [-0.2, -0.15) is 0 Å². The molecule has 5 aliphatic rings. The number of fused-ring (bicyclic) bond motifs is 7. The average molecular weight is 797 g/mol. The Morgan fingerprint density at radius 3 is 2.14 bits per heavy atom. The highest BCUT2D eigenvalue weighted by atomic mass is 35.5. The van der Waals surface area contributed by atoms with E-state index in [0.29, 0.717) is 41.5 Å². The molecule has 0 radical (unpaired) electrons. The van der Waals surface area contributed by atoms with Crippen molar-refractivity contribution in [2.75, 3.05) is 20.2 Å². The summed E-state index contributed by atoms with van der Waals surface area (Å²) in [4.78, 5) is 38.5. The normalized spacial score (nSPS) is 35.2. The number of Topliss-reactive ketones (excluding diaryl/α,β-unsaturated/α-hetero) is 1. The minimum atomic E-state index is -0.707. The Kier molecular flexibility index (Phi) is 14.1. The van der Waals surface area contributed by atoms with Crippen molar-refractivity contribution in [2.24, 2.45) is 56.2 Å². The minimum Gasteiger partial charge on any atom is -0.462 e. The summed E-state index contributed by atoms with van der Waals surface area (Å²) in [7, 11) is 1.71. The number of allylic oxidation sites excluding steroid dienone is 4. The highest BCUT2D eigenvalue weighted by Crippen LogP contribution is 2.77. The van der Waals surface area contributed by atoms with Crippen LogP contribution >= 0.6 is 11.6 Å². The summed E-state index contributed by atoms with van der Waals surface area (Å²) >= 11 is 5.91. The third kappa shape index (κ3) is 9.08. The van der Waals surface area contributed by atoms with Gasteiger partial charge in [0.2, 0.25) is 0 Å². The van der Waals surface area contributed by atoms with E-state index in [2.05, 4.69) is 66.9 Å². The number of carbonyl (C=O) groups excluding carboxylic acids is 3. The lowest BCUT2D eigenvalue weighted by molar-refractivity contribution is -0.233. The van der Waals surface area contributed by atoms with Crippen LogP contribution < -0.4 is 5.32 Å². The molecule has 0 aliphatic heterocycles. The molecule has 7 heteroatoms. The van der Waals surface area contributed by atoms with E-state index in [0.717, 1.165) is 68.9 Å². The number of nitrogens with one attached hydrogen (secondary N) is 1. The van der Waals surface area contributed by atoms with Gasteiger partial charge in [0, 0.05) is 41.4 Å². The average Bonchev–Trinajstić information content (AvgIpc) is 3.39. The van der Waals surface area contributed by atoms with Crippen LogP contribution in [-0.2, 0) is 23.9 Å². The number of rotatable bonds is 12. The first-order chi connectivity index (χ1) is 25.7. The van der Waals surface area contributed by atoms with Crippen molar-refractivity contribution in [1.82, 2.24) is 5.32 Å². The number of ketones is 1. The number of ether oxygens (including phenoxy) is 2. The van der Waals surface area contributed by atoms with Crippen LogP contribution in [-0.4, -0.2) is 49.9 Å². The van der Waals surface area contributed by atoms with Crippen LogP contribution in [0.3, 0.4) is 0 Å². The predicted octanol–water partition coefficient (Wildman–Crippen LogP) is 11.8. The first-order valence-electron chi connectivity index (χ1n) is 21.6. The summed E-state index contributed by atoms with van der Waals surface area (Å²) in [6.45, 7) is 36.0. The van der Waals surface area contributed by atoms with Crippen molar-refractivity contribution in [2.45, 2.75) is 165 Å². The maximum absolute atomic E-state index is 14.0. The van der Waals surface area contributed by atoms with Crippen molar-refractivity contribution in [1.29, 1.82) is 0 Å². The first-order valence-corrected chi connectivity index (χ1v) is 22.0. The lowest BCUT2D eigenvalue weighted by Gasteiger charge is -2.72. The minimum absolute atomic E-state index is 0.0417. The highest BCUT2D eigenvalue weighted by Gasteiger charge is 2.70. The zero-order valence-electron chi connectivity index (χ0n) is 37.6. The van der Waals surface area contributed by atoms with Crippen LogP contribution in [0.5, 0.6) is 0 Å². The maximum Gasteiger partial charge on any atom is 0.307 e. The summed E-state index contributed by atoms with van der Waals surface area (Å²) in [5.41, 5.74) is 3.22. The van der Waals surface area contributed by atoms with Crippen molar-refractivity contribution < 1.29 is 23.9 Å². The number of aldehydes is 1. The second kappa shape index (κ2) is 16.9. The fourth-order valence-corrected chi connectivity index (χ4v) is 12.8. The standard InChI is InChI=1S/C44H66ClNO4.C5H12O/c1-28(2)37-32(48)24-44(22-23-46-26-29(3)12-13-30(4)45)21-20-42(10)31(38(37)44)14-15-34-41(9)18-17-35(50-36(49)25-39(5,6)27-47)40(7,8)33(41)16-19-43(34,42)11;1-5(2,3)6-4/h12-13,27-28,31,33-35,46H,3-4,14-26H2,1-2,5-11H3;1-4H3/b13-12-;/t31?,33?,34?,35?,41?,42-,43?,44?;/m1./s1. The predicted molar refractivity (Wildman–Crippen MR) is 231 cm³/mol. The van der Waals surface area contributed by atoms with E-state index in [1.165, 1.54) is 18.4 Å². The smallest absolute Gasteiger partial charge is 0.307 e. The zero-order chi connectivity index (χ0) is 42.3. The fraction of sp³-hybridized carbons (Fsp3) is 0.776. The Bertz CT molecular complexity index is 1580. The summed E-state index contributed by atoms with van der Waals surface area (Å²) in [5, 5.41) is 4.12. The molecule has 4 saturated carbocycles.